The van der Waals surface area contributed by atoms with Crippen LogP contribution in [-0.2, 0) is 25.7 Å². The molecule has 1 aliphatic rings. The van der Waals surface area contributed by atoms with Crippen LogP contribution < -0.4 is 21.3 Å². The Morgan fingerprint density at radius 2 is 1.34 bits per heavy atom. The molecule has 6 N–H and O–H groups in total. The summed E-state index contributed by atoms with van der Waals surface area (Å²) in [6.45, 7) is 17.7. The highest BCUT2D eigenvalue weighted by molar-refractivity contribution is 5.88. The van der Waals surface area contributed by atoms with Gasteiger partial charge in [0.15, 0.2) is 0 Å². The molecule has 1 aliphatic carbocycles. The van der Waals surface area contributed by atoms with Crippen LogP contribution in [0, 0.1) is 29.6 Å². The summed E-state index contributed by atoms with van der Waals surface area (Å²) in [6, 6.07) is 7.45. The highest BCUT2D eigenvalue weighted by Crippen LogP contribution is 2.30. The summed E-state index contributed by atoms with van der Waals surface area (Å²) in [5.41, 5.74) is 0.248. The Bertz CT molecular complexity index is 1240. The smallest absolute Gasteiger partial charge is 0.407 e. The molecule has 2 unspecified atom stereocenters. The fourth-order valence-electron chi connectivity index (χ4n) is 7.21. The highest BCUT2D eigenvalue weighted by atomic mass is 16.6. The first kappa shape index (κ1) is 46.0. The largest absolute Gasteiger partial charge is 0.444 e. The van der Waals surface area contributed by atoms with Crippen molar-refractivity contribution in [3.63, 3.8) is 0 Å². The van der Waals surface area contributed by atoms with E-state index in [1.807, 2.05) is 71.9 Å². The van der Waals surface area contributed by atoms with E-state index in [4.69, 9.17) is 4.74 Å². The Hall–Kier alpha value is -3.18. The van der Waals surface area contributed by atoms with Crippen molar-refractivity contribution in [3.8, 4) is 0 Å². The third-order valence-electron chi connectivity index (χ3n) is 9.71. The van der Waals surface area contributed by atoms with Gasteiger partial charge in [-0.15, -0.1) is 0 Å². The first-order valence-corrected chi connectivity index (χ1v) is 20.1. The molecule has 0 bridgehead atoms. The number of hydrogen-bond donors (Lipinski definition) is 6. The van der Waals surface area contributed by atoms with Crippen LogP contribution in [0.15, 0.2) is 30.3 Å². The monoisotopic (exact) mass is 745 g/mol. The molecule has 0 saturated heterocycles. The Morgan fingerprint density at radius 1 is 0.736 bits per heavy atom. The van der Waals surface area contributed by atoms with E-state index in [1.54, 1.807) is 20.8 Å². The van der Waals surface area contributed by atoms with Crippen LogP contribution in [-0.4, -0.2) is 70.0 Å². The van der Waals surface area contributed by atoms with Crippen molar-refractivity contribution >= 4 is 23.8 Å². The van der Waals surface area contributed by atoms with E-state index in [9.17, 15) is 29.4 Å². The second-order valence-corrected chi connectivity index (χ2v) is 17.6. The Balaban J connectivity index is 2.16. The van der Waals surface area contributed by atoms with Crippen LogP contribution >= 0.6 is 0 Å². The number of ether oxygens (including phenoxy) is 1. The number of carbonyl (C=O) groups is 4. The number of aliphatic hydroxyl groups excluding tert-OH is 2. The number of hydrogen-bond acceptors (Lipinski definition) is 7. The minimum absolute atomic E-state index is 0.0995. The lowest BCUT2D eigenvalue weighted by Crippen LogP contribution is -2.51. The first-order chi connectivity index (χ1) is 24.8. The average molecular weight is 745 g/mol. The molecule has 11 nitrogen and oxygen atoms in total. The van der Waals surface area contributed by atoms with Crippen molar-refractivity contribution in [1.29, 1.82) is 0 Å². The summed E-state index contributed by atoms with van der Waals surface area (Å²) in [7, 11) is 0. The molecule has 1 saturated carbocycles. The molecule has 11 heteroatoms. The van der Waals surface area contributed by atoms with E-state index in [1.165, 1.54) is 6.42 Å². The van der Waals surface area contributed by atoms with Crippen LogP contribution in [0.2, 0.25) is 0 Å². The zero-order valence-electron chi connectivity index (χ0n) is 34.1. The fraction of sp³-hybridized carbons (Fsp3) is 0.762. The maximum Gasteiger partial charge on any atom is 0.407 e. The average Bonchev–Trinajstić information content (AvgIpc) is 3.05. The molecule has 0 aliphatic heterocycles. The van der Waals surface area contributed by atoms with E-state index in [2.05, 4.69) is 21.3 Å². The zero-order chi connectivity index (χ0) is 39.7. The van der Waals surface area contributed by atoms with E-state index >= 15 is 0 Å². The summed E-state index contributed by atoms with van der Waals surface area (Å²) in [4.78, 5) is 53.3. The minimum atomic E-state index is -1.20. The van der Waals surface area contributed by atoms with E-state index < -0.39 is 53.9 Å². The Kier molecular flexibility index (Phi) is 19.9. The Morgan fingerprint density at radius 3 is 1.91 bits per heavy atom. The first-order valence-electron chi connectivity index (χ1n) is 20.1. The standard InChI is InChI=1S/C42H72N4O7/c1-27(2)20-32(24-36(47)34(23-30-16-12-10-13-17-30)46-41(52)53-42(7,8)9)39(50)45-33(21-28(3)4)37(48)25-38(49)44-35(22-29(5)6)40(51)43-26-31-18-14-11-15-19-31/h11,14-15,18-19,27-30,32-37,47-48H,10,12-13,16-17,20-26H2,1-9H3,(H,43,51)(H,44,49)(H,45,50)(H,46,52)/t32-,33+,34+,35+,36?,37?/m1/s1. The van der Waals surface area contributed by atoms with E-state index in [0.717, 1.165) is 31.2 Å². The van der Waals surface area contributed by atoms with Gasteiger partial charge in [0.2, 0.25) is 17.7 Å². The molecule has 0 radical (unpaired) electrons. The molecule has 0 aromatic heterocycles. The summed E-state index contributed by atoms with van der Waals surface area (Å²) in [5.74, 6) is -0.947. The van der Waals surface area contributed by atoms with E-state index in [0.29, 0.717) is 38.1 Å². The Labute approximate surface area is 319 Å². The van der Waals surface area contributed by atoms with Crippen molar-refractivity contribution in [2.24, 2.45) is 29.6 Å². The van der Waals surface area contributed by atoms with Crippen LogP contribution in [0.5, 0.6) is 0 Å². The third kappa shape index (κ3) is 19.1. The number of alkyl carbamates (subject to hydrolysis) is 1. The number of nitrogens with one attached hydrogen (secondary N) is 4. The van der Waals surface area contributed by atoms with Crippen LogP contribution in [0.1, 0.15) is 139 Å². The van der Waals surface area contributed by atoms with Gasteiger partial charge < -0.3 is 36.2 Å². The number of amides is 4. The molecule has 302 valence electrons. The van der Waals surface area contributed by atoms with Gasteiger partial charge in [0.05, 0.1) is 30.7 Å². The molecule has 0 heterocycles. The van der Waals surface area contributed by atoms with Gasteiger partial charge in [-0.25, -0.2) is 4.79 Å². The lowest BCUT2D eigenvalue weighted by Gasteiger charge is -2.33. The quantitative estimate of drug-likeness (QED) is 0.0849. The maximum absolute atomic E-state index is 14.0. The van der Waals surface area contributed by atoms with Crippen LogP contribution in [0.4, 0.5) is 4.79 Å². The second kappa shape index (κ2) is 22.9. The third-order valence-corrected chi connectivity index (χ3v) is 9.71. The zero-order valence-corrected chi connectivity index (χ0v) is 34.1. The molecule has 4 amide bonds. The molecule has 1 aromatic rings. The van der Waals surface area contributed by atoms with Gasteiger partial charge in [-0.2, -0.15) is 0 Å². The highest BCUT2D eigenvalue weighted by Gasteiger charge is 2.34. The molecule has 6 atom stereocenters. The van der Waals surface area contributed by atoms with Crippen LogP contribution in [0.3, 0.4) is 0 Å². The van der Waals surface area contributed by atoms with Gasteiger partial charge in [-0.05, 0) is 82.1 Å². The summed E-state index contributed by atoms with van der Waals surface area (Å²) in [5, 5.41) is 34.7. The lowest BCUT2D eigenvalue weighted by molar-refractivity contribution is -0.132. The molecular formula is C42H72N4O7. The van der Waals surface area contributed by atoms with Crippen molar-refractivity contribution in [2.45, 2.75) is 175 Å². The molecule has 1 fully saturated rings. The number of rotatable bonds is 21. The predicted octanol–water partition coefficient (Wildman–Crippen LogP) is 6.39. The van der Waals surface area contributed by atoms with Gasteiger partial charge in [0, 0.05) is 12.5 Å². The molecule has 53 heavy (non-hydrogen) atoms. The van der Waals surface area contributed by atoms with Gasteiger partial charge in [0.1, 0.15) is 11.6 Å². The fourth-order valence-corrected chi connectivity index (χ4v) is 7.21. The van der Waals surface area contributed by atoms with Crippen molar-refractivity contribution < 1.29 is 34.1 Å². The molecule has 0 spiro atoms. The van der Waals surface area contributed by atoms with Gasteiger partial charge in [-0.3, -0.25) is 14.4 Å². The van der Waals surface area contributed by atoms with Gasteiger partial charge in [0.25, 0.3) is 0 Å². The topological polar surface area (TPSA) is 166 Å². The van der Waals surface area contributed by atoms with E-state index in [-0.39, 0.29) is 42.4 Å². The minimum Gasteiger partial charge on any atom is -0.444 e. The normalized spacial score (nSPS) is 17.4. The number of carbonyl (C=O) groups excluding carboxylic acids is 4. The van der Waals surface area contributed by atoms with Crippen LogP contribution in [0.25, 0.3) is 0 Å². The number of benzene rings is 1. The lowest BCUT2D eigenvalue weighted by atomic mass is 9.81. The summed E-state index contributed by atoms with van der Waals surface area (Å²) < 4.78 is 5.54. The molecule has 1 aromatic carbocycles. The van der Waals surface area contributed by atoms with Gasteiger partial charge in [-0.1, -0.05) is 104 Å². The van der Waals surface area contributed by atoms with Crippen molar-refractivity contribution in [1.82, 2.24) is 21.3 Å². The van der Waals surface area contributed by atoms with Crippen molar-refractivity contribution in [2.75, 3.05) is 0 Å². The predicted molar refractivity (Wildman–Crippen MR) is 210 cm³/mol. The number of aliphatic hydroxyl groups is 2. The molecular weight excluding hydrogens is 672 g/mol. The summed E-state index contributed by atoms with van der Waals surface area (Å²) in [6.07, 6.45) is 4.48. The second-order valence-electron chi connectivity index (χ2n) is 17.6. The van der Waals surface area contributed by atoms with Gasteiger partial charge >= 0.3 is 6.09 Å². The maximum atomic E-state index is 14.0. The summed E-state index contributed by atoms with van der Waals surface area (Å²) >= 11 is 0. The molecule has 2 rings (SSSR count). The SMILES string of the molecule is CC(C)C[C@H](CC(O)[C@H](CC1CCCCC1)NC(=O)OC(C)(C)C)C(=O)N[C@@H](CC(C)C)C(O)CC(=O)N[C@@H](CC(C)C)C(=O)NCc1ccccc1. The van der Waals surface area contributed by atoms with Crippen molar-refractivity contribution in [3.05, 3.63) is 35.9 Å².